The van der Waals surface area contributed by atoms with Gasteiger partial charge in [0, 0.05) is 33.6 Å². The summed E-state index contributed by atoms with van der Waals surface area (Å²) in [7, 11) is 0. The largest absolute Gasteiger partial charge is 0.310 e. The lowest BCUT2D eigenvalue weighted by Gasteiger charge is -2.35. The van der Waals surface area contributed by atoms with Gasteiger partial charge in [0.25, 0.3) is 0 Å². The van der Waals surface area contributed by atoms with Crippen LogP contribution in [0, 0.1) is 0 Å². The van der Waals surface area contributed by atoms with Crippen LogP contribution < -0.4 is 9.80 Å². The van der Waals surface area contributed by atoms with Gasteiger partial charge in [-0.3, -0.25) is 0 Å². The first-order chi connectivity index (χ1) is 31.5. The maximum atomic E-state index is 2.54. The maximum absolute atomic E-state index is 2.54. The molecule has 0 saturated carbocycles. The summed E-state index contributed by atoms with van der Waals surface area (Å²) in [6.07, 6.45) is 0. The first-order valence-corrected chi connectivity index (χ1v) is 22.4. The predicted molar refractivity (Wildman–Crippen MR) is 267 cm³/mol. The van der Waals surface area contributed by atoms with E-state index in [1.54, 1.807) is 0 Å². The Labute approximate surface area is 375 Å². The molecule has 0 amide bonds. The van der Waals surface area contributed by atoms with Crippen LogP contribution in [0.15, 0.2) is 231 Å². The number of hydrogen-bond donors (Lipinski definition) is 0. The highest BCUT2D eigenvalue weighted by Crippen LogP contribution is 2.66. The van der Waals surface area contributed by atoms with E-state index in [0.717, 1.165) is 28.4 Å². The van der Waals surface area contributed by atoms with E-state index >= 15 is 0 Å². The lowest BCUT2D eigenvalue weighted by atomic mass is 9.70. The standard InChI is InChI=1S/C62H44N2/c1-61(2)52-33-17-14-28-46(52)50-32-20-36-57(60(50)61)64(43-25-10-5-11-26-43)44-37-38-47-45-27-15-18-34-53(45)62(55(47)39-44)54-35-19-16-31-51(54)59-49-30-13-12-29-48(49)58(40-56(59)62)63(41-21-6-3-7-22-41)42-23-8-4-9-24-42/h3-40H,1-2H3. The van der Waals surface area contributed by atoms with E-state index < -0.39 is 5.41 Å². The van der Waals surface area contributed by atoms with E-state index in [-0.39, 0.29) is 5.41 Å². The summed E-state index contributed by atoms with van der Waals surface area (Å²) in [6, 6.07) is 85.7. The number of benzene rings is 10. The van der Waals surface area contributed by atoms with Gasteiger partial charge in [0.05, 0.1) is 16.8 Å². The summed E-state index contributed by atoms with van der Waals surface area (Å²) in [4.78, 5) is 4.97. The fraction of sp³-hybridized carbons (Fsp3) is 0.0645. The molecular formula is C62H44N2. The van der Waals surface area contributed by atoms with Crippen molar-refractivity contribution in [1.82, 2.24) is 0 Å². The van der Waals surface area contributed by atoms with Crippen molar-refractivity contribution in [1.29, 1.82) is 0 Å². The van der Waals surface area contributed by atoms with Crippen LogP contribution in [0.3, 0.4) is 0 Å². The summed E-state index contributed by atoms with van der Waals surface area (Å²) in [5, 5.41) is 2.48. The van der Waals surface area contributed by atoms with E-state index in [4.69, 9.17) is 0 Å². The highest BCUT2D eigenvalue weighted by atomic mass is 15.2. The lowest BCUT2D eigenvalue weighted by molar-refractivity contribution is 0.661. The summed E-state index contributed by atoms with van der Waals surface area (Å²) in [5.41, 5.74) is 21.9. The van der Waals surface area contributed by atoms with Gasteiger partial charge in [0.2, 0.25) is 0 Å². The molecule has 1 atom stereocenters. The van der Waals surface area contributed by atoms with Crippen molar-refractivity contribution in [2.24, 2.45) is 0 Å². The molecule has 3 aliphatic carbocycles. The molecule has 0 radical (unpaired) electrons. The second-order valence-corrected chi connectivity index (χ2v) is 18.0. The zero-order valence-corrected chi connectivity index (χ0v) is 35.8. The van der Waals surface area contributed by atoms with Gasteiger partial charge in [-0.2, -0.15) is 0 Å². The summed E-state index contributed by atoms with van der Waals surface area (Å²) < 4.78 is 0. The first-order valence-electron chi connectivity index (χ1n) is 22.4. The van der Waals surface area contributed by atoms with E-state index in [9.17, 15) is 0 Å². The van der Waals surface area contributed by atoms with Crippen molar-refractivity contribution in [2.45, 2.75) is 24.7 Å². The molecule has 10 aromatic rings. The van der Waals surface area contributed by atoms with Crippen molar-refractivity contribution >= 4 is 44.9 Å². The normalized spacial score (nSPS) is 15.5. The Kier molecular flexibility index (Phi) is 7.90. The van der Waals surface area contributed by atoms with Gasteiger partial charge < -0.3 is 9.80 Å². The minimum Gasteiger partial charge on any atom is -0.310 e. The number of nitrogens with zero attached hydrogens (tertiary/aromatic N) is 2. The van der Waals surface area contributed by atoms with Gasteiger partial charge >= 0.3 is 0 Å². The average Bonchev–Trinajstić information content (AvgIpc) is 3.91. The van der Waals surface area contributed by atoms with Gasteiger partial charge in [-0.25, -0.2) is 0 Å². The molecule has 302 valence electrons. The summed E-state index contributed by atoms with van der Waals surface area (Å²) >= 11 is 0. The zero-order chi connectivity index (χ0) is 42.6. The van der Waals surface area contributed by atoms with E-state index in [0.29, 0.717) is 0 Å². The Morgan fingerprint density at radius 3 is 1.41 bits per heavy atom. The molecule has 0 saturated heterocycles. The van der Waals surface area contributed by atoms with Crippen LogP contribution >= 0.6 is 0 Å². The molecular weight excluding hydrogens is 773 g/mol. The number of rotatable bonds is 6. The molecule has 2 nitrogen and oxygen atoms in total. The average molecular weight is 817 g/mol. The number of fused-ring (bicyclic) bond motifs is 15. The summed E-state index contributed by atoms with van der Waals surface area (Å²) in [5.74, 6) is 0. The van der Waals surface area contributed by atoms with Crippen LogP contribution in [0.2, 0.25) is 0 Å². The van der Waals surface area contributed by atoms with Gasteiger partial charge in [-0.05, 0) is 133 Å². The molecule has 0 heterocycles. The maximum Gasteiger partial charge on any atom is 0.0727 e. The fourth-order valence-corrected chi connectivity index (χ4v) is 11.9. The number of para-hydroxylation sites is 3. The molecule has 0 N–H and O–H groups in total. The molecule has 0 aromatic heterocycles. The van der Waals surface area contributed by atoms with Crippen molar-refractivity contribution in [3.63, 3.8) is 0 Å². The minimum atomic E-state index is -0.595. The third-order valence-corrected chi connectivity index (χ3v) is 14.4. The van der Waals surface area contributed by atoms with E-state index in [1.165, 1.54) is 83.2 Å². The second kappa shape index (κ2) is 13.8. The first kappa shape index (κ1) is 36.7. The Balaban J connectivity index is 1.12. The highest BCUT2D eigenvalue weighted by Gasteiger charge is 2.53. The molecule has 64 heavy (non-hydrogen) atoms. The molecule has 0 bridgehead atoms. The van der Waals surface area contributed by atoms with Gasteiger partial charge in [0.15, 0.2) is 0 Å². The third kappa shape index (κ3) is 4.97. The predicted octanol–water partition coefficient (Wildman–Crippen LogP) is 16.4. The van der Waals surface area contributed by atoms with Crippen LogP contribution in [-0.4, -0.2) is 0 Å². The van der Waals surface area contributed by atoms with Gasteiger partial charge in [-0.15, -0.1) is 0 Å². The Bertz CT molecular complexity index is 3440. The minimum absolute atomic E-state index is 0.200. The highest BCUT2D eigenvalue weighted by molar-refractivity contribution is 6.12. The Morgan fingerprint density at radius 1 is 0.297 bits per heavy atom. The van der Waals surface area contributed by atoms with Crippen molar-refractivity contribution in [3.05, 3.63) is 264 Å². The quantitative estimate of drug-likeness (QED) is 0.165. The zero-order valence-electron chi connectivity index (χ0n) is 35.8. The van der Waals surface area contributed by atoms with Crippen LogP contribution in [0.1, 0.15) is 47.2 Å². The number of anilines is 6. The van der Waals surface area contributed by atoms with E-state index in [1.807, 2.05) is 0 Å². The van der Waals surface area contributed by atoms with Crippen LogP contribution in [0.4, 0.5) is 34.1 Å². The van der Waals surface area contributed by atoms with E-state index in [2.05, 4.69) is 254 Å². The molecule has 0 aliphatic heterocycles. The molecule has 2 heteroatoms. The SMILES string of the molecule is CC1(C)c2ccccc2-c2cccc(N(c3ccccc3)c3ccc4c(c3)C3(c5ccccc5-4)c4ccccc4-c4c3cc(N(c3ccccc3)c3ccccc3)c3ccccc43)c21. The van der Waals surface area contributed by atoms with Crippen LogP contribution in [-0.2, 0) is 10.8 Å². The number of hydrogen-bond acceptors (Lipinski definition) is 2. The van der Waals surface area contributed by atoms with Crippen molar-refractivity contribution in [3.8, 4) is 33.4 Å². The fourth-order valence-electron chi connectivity index (χ4n) is 11.9. The van der Waals surface area contributed by atoms with Crippen LogP contribution in [0.25, 0.3) is 44.2 Å². The third-order valence-electron chi connectivity index (χ3n) is 14.4. The topological polar surface area (TPSA) is 6.48 Å². The molecule has 10 aromatic carbocycles. The van der Waals surface area contributed by atoms with Crippen molar-refractivity contribution < 1.29 is 0 Å². The smallest absolute Gasteiger partial charge is 0.0727 e. The van der Waals surface area contributed by atoms with Gasteiger partial charge in [0.1, 0.15) is 0 Å². The molecule has 0 fully saturated rings. The second-order valence-electron chi connectivity index (χ2n) is 18.0. The molecule has 13 rings (SSSR count). The Hall–Kier alpha value is -7.94. The Morgan fingerprint density at radius 2 is 0.766 bits per heavy atom. The lowest BCUT2D eigenvalue weighted by Crippen LogP contribution is -2.27. The van der Waals surface area contributed by atoms with Crippen molar-refractivity contribution in [2.75, 3.05) is 9.80 Å². The van der Waals surface area contributed by atoms with Crippen LogP contribution in [0.5, 0.6) is 0 Å². The molecule has 1 unspecified atom stereocenters. The summed E-state index contributed by atoms with van der Waals surface area (Å²) in [6.45, 7) is 4.78. The molecule has 3 aliphatic rings. The van der Waals surface area contributed by atoms with Gasteiger partial charge in [-0.1, -0.05) is 184 Å². The molecule has 1 spiro atoms. The monoisotopic (exact) mass is 816 g/mol.